The highest BCUT2D eigenvalue weighted by molar-refractivity contribution is 5.88. The lowest BCUT2D eigenvalue weighted by Crippen LogP contribution is -2.67. The highest BCUT2D eigenvalue weighted by Crippen LogP contribution is 2.55. The van der Waals surface area contributed by atoms with Crippen LogP contribution >= 0.6 is 0 Å². The number of rotatable bonds is 1. The summed E-state index contributed by atoms with van der Waals surface area (Å²) >= 11 is 0. The smallest absolute Gasteiger partial charge is 0.331 e. The molecule has 3 aliphatic heterocycles. The van der Waals surface area contributed by atoms with Crippen LogP contribution in [0.2, 0.25) is 0 Å². The van der Waals surface area contributed by atoms with E-state index in [4.69, 9.17) is 4.74 Å². The molecule has 1 saturated heterocycles. The summed E-state index contributed by atoms with van der Waals surface area (Å²) in [5.74, 6) is 0.0896. The molecule has 4 heteroatoms. The van der Waals surface area contributed by atoms with Crippen LogP contribution in [0.1, 0.15) is 42.0 Å². The van der Waals surface area contributed by atoms with Gasteiger partial charge in [-0.1, -0.05) is 42.5 Å². The molecule has 1 fully saturated rings. The molecule has 2 aromatic carbocycles. The second-order valence-electron chi connectivity index (χ2n) is 7.17. The molecule has 4 atom stereocenters. The molecule has 0 amide bonds. The van der Waals surface area contributed by atoms with Crippen molar-refractivity contribution in [2.75, 3.05) is 12.0 Å². The SMILES string of the molecule is COC(=O)[C@]1(C)C[C@H]2N[C@H]3[C@@H](c4ccccc42)c2ccccc2N31. The average molecular weight is 320 g/mol. The minimum absolute atomic E-state index is 0.0974. The lowest BCUT2D eigenvalue weighted by Gasteiger charge is -2.53. The summed E-state index contributed by atoms with van der Waals surface area (Å²) in [7, 11) is 1.48. The van der Waals surface area contributed by atoms with Gasteiger partial charge in [0.05, 0.1) is 13.3 Å². The summed E-state index contributed by atoms with van der Waals surface area (Å²) in [6.07, 6.45) is 0.800. The van der Waals surface area contributed by atoms with E-state index in [-0.39, 0.29) is 24.1 Å². The number of hydrogen-bond acceptors (Lipinski definition) is 4. The fourth-order valence-corrected chi connectivity index (χ4v) is 4.99. The van der Waals surface area contributed by atoms with Crippen molar-refractivity contribution >= 4 is 11.7 Å². The second kappa shape index (κ2) is 4.61. The first-order valence-electron chi connectivity index (χ1n) is 8.47. The Morgan fingerprint density at radius 1 is 1.12 bits per heavy atom. The van der Waals surface area contributed by atoms with Crippen molar-refractivity contribution < 1.29 is 9.53 Å². The van der Waals surface area contributed by atoms with Crippen molar-refractivity contribution in [3.8, 4) is 0 Å². The van der Waals surface area contributed by atoms with Crippen LogP contribution < -0.4 is 10.2 Å². The Kier molecular flexibility index (Phi) is 2.70. The Morgan fingerprint density at radius 3 is 2.54 bits per heavy atom. The number of nitrogens with zero attached hydrogens (tertiary/aromatic N) is 1. The number of anilines is 1. The van der Waals surface area contributed by atoms with E-state index in [0.29, 0.717) is 6.42 Å². The zero-order valence-electron chi connectivity index (χ0n) is 13.8. The van der Waals surface area contributed by atoms with Gasteiger partial charge in [-0.25, -0.2) is 4.79 Å². The Bertz CT molecular complexity index is 849. The number of benzene rings is 2. The first kappa shape index (κ1) is 14.1. The van der Waals surface area contributed by atoms with Gasteiger partial charge >= 0.3 is 5.97 Å². The third-order valence-electron chi connectivity index (χ3n) is 5.96. The van der Waals surface area contributed by atoms with Crippen LogP contribution in [0, 0.1) is 0 Å². The molecular formula is C20H20N2O2. The highest BCUT2D eigenvalue weighted by atomic mass is 16.5. The fourth-order valence-electron chi connectivity index (χ4n) is 4.99. The summed E-state index contributed by atoms with van der Waals surface area (Å²) in [6.45, 7) is 2.02. The molecule has 2 bridgehead atoms. The molecule has 3 aliphatic rings. The van der Waals surface area contributed by atoms with Gasteiger partial charge in [-0.05, 0) is 29.7 Å². The van der Waals surface area contributed by atoms with Crippen LogP contribution in [0.15, 0.2) is 48.5 Å². The van der Waals surface area contributed by atoms with Crippen LogP contribution in [-0.2, 0) is 9.53 Å². The lowest BCUT2D eigenvalue weighted by atomic mass is 9.75. The summed E-state index contributed by atoms with van der Waals surface area (Å²) in [6, 6.07) is 17.3. The largest absolute Gasteiger partial charge is 0.467 e. The van der Waals surface area contributed by atoms with Gasteiger partial charge in [0.25, 0.3) is 0 Å². The topological polar surface area (TPSA) is 41.6 Å². The van der Waals surface area contributed by atoms with Crippen molar-refractivity contribution in [1.29, 1.82) is 0 Å². The number of nitrogens with one attached hydrogen (secondary N) is 1. The zero-order valence-corrected chi connectivity index (χ0v) is 13.8. The normalized spacial score (nSPS) is 32.1. The first-order chi connectivity index (χ1) is 11.6. The molecule has 3 heterocycles. The third-order valence-corrected chi connectivity index (χ3v) is 5.96. The van der Waals surface area contributed by atoms with Gasteiger partial charge in [0.15, 0.2) is 0 Å². The van der Waals surface area contributed by atoms with Crippen LogP contribution in [0.5, 0.6) is 0 Å². The molecule has 4 nitrogen and oxygen atoms in total. The van der Waals surface area contributed by atoms with Gasteiger partial charge in [0.1, 0.15) is 5.54 Å². The minimum atomic E-state index is -0.659. The monoisotopic (exact) mass is 320 g/mol. The molecule has 0 aromatic heterocycles. The van der Waals surface area contributed by atoms with Crippen LogP contribution in [0.3, 0.4) is 0 Å². The van der Waals surface area contributed by atoms with Gasteiger partial charge in [-0.3, -0.25) is 5.32 Å². The molecule has 1 N–H and O–H groups in total. The lowest BCUT2D eigenvalue weighted by molar-refractivity contribution is -0.148. The Hall–Kier alpha value is -2.33. The Labute approximate surface area is 141 Å². The van der Waals surface area contributed by atoms with Gasteiger partial charge in [0, 0.05) is 24.1 Å². The number of esters is 1. The van der Waals surface area contributed by atoms with Crippen molar-refractivity contribution in [1.82, 2.24) is 5.32 Å². The maximum atomic E-state index is 12.7. The molecule has 0 saturated carbocycles. The van der Waals surface area contributed by atoms with E-state index in [9.17, 15) is 4.79 Å². The van der Waals surface area contributed by atoms with Crippen molar-refractivity contribution in [3.05, 3.63) is 65.2 Å². The molecule has 122 valence electrons. The first-order valence-corrected chi connectivity index (χ1v) is 8.47. The molecule has 5 rings (SSSR count). The molecule has 0 aliphatic carbocycles. The standard InChI is InChI=1S/C20H20N2O2/c1-20(19(23)24-2)11-15-12-7-3-4-8-13(12)17-14-9-5-6-10-16(14)22(20)18(17)21-15/h3-10,15,17-18,21H,11H2,1-2H3/t15-,17+,18-,20+/m1/s1. The predicted octanol–water partition coefficient (Wildman–Crippen LogP) is 2.94. The number of ether oxygens (including phenoxy) is 1. The molecule has 0 radical (unpaired) electrons. The number of carbonyl (C=O) groups excluding carboxylic acids is 1. The average Bonchev–Trinajstić information content (AvgIpc) is 2.97. The maximum Gasteiger partial charge on any atom is 0.331 e. The quantitative estimate of drug-likeness (QED) is 0.820. The van der Waals surface area contributed by atoms with Crippen molar-refractivity contribution in [2.45, 2.75) is 37.0 Å². The van der Waals surface area contributed by atoms with E-state index in [1.54, 1.807) is 0 Å². The summed E-state index contributed by atoms with van der Waals surface area (Å²) in [5.41, 5.74) is 4.47. The van der Waals surface area contributed by atoms with Crippen LogP contribution in [0.25, 0.3) is 0 Å². The Morgan fingerprint density at radius 2 is 1.79 bits per heavy atom. The van der Waals surface area contributed by atoms with E-state index < -0.39 is 5.54 Å². The van der Waals surface area contributed by atoms with Crippen molar-refractivity contribution in [3.63, 3.8) is 0 Å². The van der Waals surface area contributed by atoms with Crippen molar-refractivity contribution in [2.24, 2.45) is 0 Å². The van der Waals surface area contributed by atoms with Crippen LogP contribution in [0.4, 0.5) is 5.69 Å². The number of methoxy groups -OCH3 is 1. The number of hydrogen-bond donors (Lipinski definition) is 1. The zero-order chi connectivity index (χ0) is 16.5. The highest BCUT2D eigenvalue weighted by Gasteiger charge is 2.58. The number of carbonyl (C=O) groups is 1. The van der Waals surface area contributed by atoms with Gasteiger partial charge in [0.2, 0.25) is 0 Å². The molecule has 2 aromatic rings. The molecule has 24 heavy (non-hydrogen) atoms. The van der Waals surface area contributed by atoms with E-state index in [0.717, 1.165) is 5.69 Å². The van der Waals surface area contributed by atoms with E-state index in [2.05, 4.69) is 52.7 Å². The van der Waals surface area contributed by atoms with E-state index in [1.165, 1.54) is 23.8 Å². The predicted molar refractivity (Wildman–Crippen MR) is 91.9 cm³/mol. The van der Waals surface area contributed by atoms with Gasteiger partial charge in [-0.15, -0.1) is 0 Å². The Balaban J connectivity index is 1.81. The van der Waals surface area contributed by atoms with Gasteiger partial charge in [-0.2, -0.15) is 0 Å². The second-order valence-corrected chi connectivity index (χ2v) is 7.17. The van der Waals surface area contributed by atoms with Gasteiger partial charge < -0.3 is 9.64 Å². The van der Waals surface area contributed by atoms with Crippen LogP contribution in [-0.4, -0.2) is 24.8 Å². The summed E-state index contributed by atoms with van der Waals surface area (Å²) in [4.78, 5) is 15.0. The minimum Gasteiger partial charge on any atom is -0.467 e. The third kappa shape index (κ3) is 1.54. The molecular weight excluding hydrogens is 300 g/mol. The van der Waals surface area contributed by atoms with E-state index in [1.807, 2.05) is 13.0 Å². The number of para-hydroxylation sites is 1. The summed E-state index contributed by atoms with van der Waals surface area (Å²) in [5, 5.41) is 3.77. The number of fused-ring (bicyclic) bond motifs is 7. The summed E-state index contributed by atoms with van der Waals surface area (Å²) < 4.78 is 5.20. The molecule has 0 unspecified atom stereocenters. The maximum absolute atomic E-state index is 12.7. The van der Waals surface area contributed by atoms with E-state index >= 15 is 0 Å². The molecule has 0 spiro atoms. The fraction of sp³-hybridized carbons (Fsp3) is 0.350.